The molecule has 1 aliphatic heterocycles. The third-order valence-electron chi connectivity index (χ3n) is 2.11. The van der Waals surface area contributed by atoms with Crippen molar-refractivity contribution in [3.05, 3.63) is 48.2 Å². The lowest BCUT2D eigenvalue weighted by Crippen LogP contribution is -1.90. The summed E-state index contributed by atoms with van der Waals surface area (Å²) in [5, 5.41) is 0. The molecule has 2 nitrogen and oxygen atoms in total. The first-order valence-electron chi connectivity index (χ1n) is 4.56. The lowest BCUT2D eigenvalue weighted by Gasteiger charge is -2.10. The van der Waals surface area contributed by atoms with Gasteiger partial charge >= 0.3 is 0 Å². The molecule has 0 spiro atoms. The highest BCUT2D eigenvalue weighted by atomic mass is 16.5. The van der Waals surface area contributed by atoms with Crippen LogP contribution in [-0.4, -0.2) is 7.11 Å². The van der Waals surface area contributed by atoms with Crippen LogP contribution in [0, 0.1) is 0 Å². The Hall–Kier alpha value is -1.70. The molecule has 1 aromatic carbocycles. The van der Waals surface area contributed by atoms with Crippen LogP contribution < -0.4 is 4.74 Å². The highest BCUT2D eigenvalue weighted by Gasteiger charge is 2.03. The van der Waals surface area contributed by atoms with Gasteiger partial charge in [0.25, 0.3) is 0 Å². The fourth-order valence-electron chi connectivity index (χ4n) is 1.34. The van der Waals surface area contributed by atoms with E-state index in [1.54, 1.807) is 13.4 Å². The molecule has 1 heterocycles. The summed E-state index contributed by atoms with van der Waals surface area (Å²) in [6.07, 6.45) is 6.69. The van der Waals surface area contributed by atoms with Crippen molar-refractivity contribution in [2.75, 3.05) is 7.11 Å². The van der Waals surface area contributed by atoms with Crippen LogP contribution in [0.4, 0.5) is 0 Å². The average molecular weight is 188 g/mol. The zero-order valence-electron chi connectivity index (χ0n) is 8.07. The Morgan fingerprint density at radius 3 is 2.57 bits per heavy atom. The number of rotatable bonds is 2. The van der Waals surface area contributed by atoms with E-state index in [2.05, 4.69) is 6.08 Å². The fraction of sp³-hybridized carbons (Fsp3) is 0.167. The van der Waals surface area contributed by atoms with Gasteiger partial charge in [-0.15, -0.1) is 0 Å². The predicted octanol–water partition coefficient (Wildman–Crippen LogP) is 2.97. The summed E-state index contributed by atoms with van der Waals surface area (Å²) in [7, 11) is 1.66. The van der Waals surface area contributed by atoms with Crippen LogP contribution in [0.25, 0.3) is 5.76 Å². The first kappa shape index (κ1) is 8.88. The standard InChI is InChI=1S/C12H12O2/c1-13-11-7-5-10(6-8-11)12-4-2-3-9-14-12/h3-9H,2H2,1H3. The Kier molecular flexibility index (Phi) is 2.54. The Bertz CT molecular complexity index is 360. The molecule has 0 radical (unpaired) electrons. The van der Waals surface area contributed by atoms with Gasteiger partial charge in [-0.1, -0.05) is 0 Å². The summed E-state index contributed by atoms with van der Waals surface area (Å²) >= 11 is 0. The van der Waals surface area contributed by atoms with Crippen LogP contribution in [0.3, 0.4) is 0 Å². The predicted molar refractivity (Wildman–Crippen MR) is 55.8 cm³/mol. The van der Waals surface area contributed by atoms with Crippen LogP contribution in [0.1, 0.15) is 12.0 Å². The lowest BCUT2D eigenvalue weighted by atomic mass is 10.1. The normalized spacial score (nSPS) is 14.5. The van der Waals surface area contributed by atoms with Gasteiger partial charge in [-0.25, -0.2) is 0 Å². The number of ether oxygens (including phenoxy) is 2. The SMILES string of the molecule is COc1ccc(C2=CCC=CO2)cc1. The molecule has 0 amide bonds. The molecule has 0 saturated carbocycles. The van der Waals surface area contributed by atoms with E-state index in [-0.39, 0.29) is 0 Å². The van der Waals surface area contributed by atoms with Crippen molar-refractivity contribution in [3.63, 3.8) is 0 Å². The summed E-state index contributed by atoms with van der Waals surface area (Å²) in [5.74, 6) is 1.77. The van der Waals surface area contributed by atoms with Crippen LogP contribution >= 0.6 is 0 Å². The highest BCUT2D eigenvalue weighted by Crippen LogP contribution is 2.22. The molecule has 0 N–H and O–H groups in total. The number of allylic oxidation sites excluding steroid dienone is 2. The number of hydrogen-bond acceptors (Lipinski definition) is 2. The summed E-state index contributed by atoms with van der Waals surface area (Å²) in [4.78, 5) is 0. The summed E-state index contributed by atoms with van der Waals surface area (Å²) in [5.41, 5.74) is 1.08. The molecule has 2 rings (SSSR count). The summed E-state index contributed by atoms with van der Waals surface area (Å²) in [6, 6.07) is 7.84. The Morgan fingerprint density at radius 1 is 1.21 bits per heavy atom. The van der Waals surface area contributed by atoms with E-state index >= 15 is 0 Å². The topological polar surface area (TPSA) is 18.5 Å². The fourth-order valence-corrected chi connectivity index (χ4v) is 1.34. The van der Waals surface area contributed by atoms with E-state index in [1.807, 2.05) is 30.3 Å². The first-order valence-corrected chi connectivity index (χ1v) is 4.56. The molecule has 1 aromatic rings. The van der Waals surface area contributed by atoms with Crippen molar-refractivity contribution in [1.82, 2.24) is 0 Å². The molecule has 0 saturated heterocycles. The molecular formula is C12H12O2. The van der Waals surface area contributed by atoms with Crippen LogP contribution in [0.15, 0.2) is 42.7 Å². The molecule has 0 bridgehead atoms. The van der Waals surface area contributed by atoms with E-state index in [9.17, 15) is 0 Å². The summed E-state index contributed by atoms with van der Waals surface area (Å²) < 4.78 is 10.5. The second-order valence-electron chi connectivity index (χ2n) is 3.02. The molecule has 0 fully saturated rings. The molecule has 2 heteroatoms. The van der Waals surface area contributed by atoms with Gasteiger partial charge in [0.2, 0.25) is 0 Å². The smallest absolute Gasteiger partial charge is 0.130 e. The van der Waals surface area contributed by atoms with Crippen LogP contribution in [0.5, 0.6) is 5.75 Å². The van der Waals surface area contributed by atoms with Gasteiger partial charge in [0.05, 0.1) is 13.4 Å². The second kappa shape index (κ2) is 4.01. The monoisotopic (exact) mass is 188 g/mol. The van der Waals surface area contributed by atoms with E-state index in [1.165, 1.54) is 0 Å². The van der Waals surface area contributed by atoms with Crippen molar-refractivity contribution < 1.29 is 9.47 Å². The maximum atomic E-state index is 5.38. The molecule has 0 aliphatic carbocycles. The van der Waals surface area contributed by atoms with Gasteiger partial charge in [0.15, 0.2) is 0 Å². The molecule has 1 aliphatic rings. The molecule has 0 atom stereocenters. The minimum atomic E-state index is 0.862. The Balaban J connectivity index is 2.20. The van der Waals surface area contributed by atoms with Crippen molar-refractivity contribution in [3.8, 4) is 5.75 Å². The van der Waals surface area contributed by atoms with Crippen molar-refractivity contribution in [1.29, 1.82) is 0 Å². The van der Waals surface area contributed by atoms with Crippen molar-refractivity contribution >= 4 is 5.76 Å². The number of hydrogen-bond donors (Lipinski definition) is 0. The van der Waals surface area contributed by atoms with Crippen LogP contribution in [-0.2, 0) is 4.74 Å². The second-order valence-corrected chi connectivity index (χ2v) is 3.02. The van der Waals surface area contributed by atoms with Gasteiger partial charge in [0.1, 0.15) is 11.5 Å². The molecule has 14 heavy (non-hydrogen) atoms. The van der Waals surface area contributed by atoms with Gasteiger partial charge in [0, 0.05) is 5.56 Å². The van der Waals surface area contributed by atoms with E-state index in [4.69, 9.17) is 9.47 Å². The zero-order valence-corrected chi connectivity index (χ0v) is 8.07. The maximum absolute atomic E-state index is 5.38. The van der Waals surface area contributed by atoms with Crippen LogP contribution in [0.2, 0.25) is 0 Å². The number of methoxy groups -OCH3 is 1. The molecular weight excluding hydrogens is 176 g/mol. The highest BCUT2D eigenvalue weighted by molar-refractivity contribution is 5.61. The Labute approximate surface area is 83.5 Å². The van der Waals surface area contributed by atoms with Crippen molar-refractivity contribution in [2.24, 2.45) is 0 Å². The van der Waals surface area contributed by atoms with Gasteiger partial charge in [-0.05, 0) is 42.8 Å². The minimum Gasteiger partial charge on any atom is -0.497 e. The van der Waals surface area contributed by atoms with E-state index in [0.29, 0.717) is 0 Å². The summed E-state index contributed by atoms with van der Waals surface area (Å²) in [6.45, 7) is 0. The first-order chi connectivity index (χ1) is 6.90. The zero-order chi connectivity index (χ0) is 9.80. The molecule has 0 aromatic heterocycles. The molecule has 0 unspecified atom stereocenters. The van der Waals surface area contributed by atoms with Crippen molar-refractivity contribution in [2.45, 2.75) is 6.42 Å². The minimum absolute atomic E-state index is 0.862. The van der Waals surface area contributed by atoms with Gasteiger partial charge < -0.3 is 9.47 Å². The Morgan fingerprint density at radius 2 is 2.00 bits per heavy atom. The average Bonchev–Trinajstić information content (AvgIpc) is 2.30. The maximum Gasteiger partial charge on any atom is 0.130 e. The third kappa shape index (κ3) is 1.79. The lowest BCUT2D eigenvalue weighted by molar-refractivity contribution is 0.413. The van der Waals surface area contributed by atoms with E-state index in [0.717, 1.165) is 23.5 Å². The number of benzene rings is 1. The van der Waals surface area contributed by atoms with Gasteiger partial charge in [-0.3, -0.25) is 0 Å². The molecule has 72 valence electrons. The largest absolute Gasteiger partial charge is 0.497 e. The van der Waals surface area contributed by atoms with E-state index < -0.39 is 0 Å². The quantitative estimate of drug-likeness (QED) is 0.710. The third-order valence-corrected chi connectivity index (χ3v) is 2.11. The van der Waals surface area contributed by atoms with Gasteiger partial charge in [-0.2, -0.15) is 0 Å².